The summed E-state index contributed by atoms with van der Waals surface area (Å²) in [6, 6.07) is 8.31. The quantitative estimate of drug-likeness (QED) is 0.639. The van der Waals surface area contributed by atoms with Crippen LogP contribution in [0.15, 0.2) is 30.3 Å². The van der Waals surface area contributed by atoms with Gasteiger partial charge in [-0.3, -0.25) is 14.9 Å². The monoisotopic (exact) mass is 390 g/mol. The Morgan fingerprint density at radius 1 is 1.11 bits per heavy atom. The van der Waals surface area contributed by atoms with E-state index in [1.165, 1.54) is 0 Å². The van der Waals surface area contributed by atoms with Crippen LogP contribution in [0.5, 0.6) is 0 Å². The molecule has 3 N–H and O–H groups in total. The number of hydrogen-bond donors (Lipinski definition) is 3. The lowest BCUT2D eigenvalue weighted by atomic mass is 9.97. The van der Waals surface area contributed by atoms with E-state index in [2.05, 4.69) is 16.0 Å². The van der Waals surface area contributed by atoms with Crippen LogP contribution in [-0.4, -0.2) is 55.1 Å². The molecule has 152 valence electrons. The van der Waals surface area contributed by atoms with Crippen molar-refractivity contribution in [1.29, 1.82) is 0 Å². The molecule has 0 radical (unpaired) electrons. The smallest absolute Gasteiger partial charge is 0.321 e. The highest BCUT2D eigenvalue weighted by Crippen LogP contribution is 2.19. The minimum Gasteiger partial charge on any atom is -0.455 e. The molecule has 9 nitrogen and oxygen atoms in total. The summed E-state index contributed by atoms with van der Waals surface area (Å²) in [6.07, 6.45) is 1.66. The van der Waals surface area contributed by atoms with Gasteiger partial charge in [-0.2, -0.15) is 0 Å². The van der Waals surface area contributed by atoms with Gasteiger partial charge in [-0.25, -0.2) is 9.59 Å². The van der Waals surface area contributed by atoms with Crippen LogP contribution in [0, 0.1) is 5.92 Å². The number of ether oxygens (including phenoxy) is 1. The third-order valence-electron chi connectivity index (χ3n) is 4.27. The minimum absolute atomic E-state index is 0.213. The molecule has 5 amide bonds. The Bertz CT molecular complexity index is 687. The van der Waals surface area contributed by atoms with Gasteiger partial charge in [0.25, 0.3) is 5.91 Å². The number of anilines is 1. The van der Waals surface area contributed by atoms with Gasteiger partial charge in [0.2, 0.25) is 0 Å². The van der Waals surface area contributed by atoms with Gasteiger partial charge in [-0.1, -0.05) is 25.1 Å². The van der Waals surface area contributed by atoms with Gasteiger partial charge < -0.3 is 20.3 Å². The molecular formula is C19H26N4O5. The Morgan fingerprint density at radius 3 is 2.43 bits per heavy atom. The van der Waals surface area contributed by atoms with Crippen molar-refractivity contribution >= 4 is 29.6 Å². The summed E-state index contributed by atoms with van der Waals surface area (Å²) in [5.41, 5.74) is 0.711. The Hall–Kier alpha value is -3.10. The summed E-state index contributed by atoms with van der Waals surface area (Å²) in [5.74, 6) is -1.55. The van der Waals surface area contributed by atoms with Gasteiger partial charge in [0.15, 0.2) is 6.61 Å². The molecule has 1 heterocycles. The van der Waals surface area contributed by atoms with Gasteiger partial charge in [-0.05, 0) is 31.4 Å². The molecule has 2 rings (SSSR count). The fraction of sp³-hybridized carbons (Fsp3) is 0.474. The number of nitrogens with one attached hydrogen (secondary N) is 3. The Morgan fingerprint density at radius 2 is 1.79 bits per heavy atom. The molecule has 0 bridgehead atoms. The highest BCUT2D eigenvalue weighted by atomic mass is 16.5. The molecule has 1 aromatic rings. The maximum absolute atomic E-state index is 12.2. The van der Waals surface area contributed by atoms with Gasteiger partial charge in [0, 0.05) is 25.3 Å². The number of amides is 5. The van der Waals surface area contributed by atoms with E-state index in [1.807, 2.05) is 25.1 Å². The van der Waals surface area contributed by atoms with Crippen LogP contribution < -0.4 is 16.0 Å². The molecule has 9 heteroatoms. The number of nitrogens with zero attached hydrogens (tertiary/aromatic N) is 1. The number of esters is 1. The van der Waals surface area contributed by atoms with Gasteiger partial charge >= 0.3 is 18.0 Å². The van der Waals surface area contributed by atoms with Crippen LogP contribution in [0.1, 0.15) is 26.2 Å². The van der Waals surface area contributed by atoms with Crippen molar-refractivity contribution in [3.63, 3.8) is 0 Å². The molecule has 0 aromatic heterocycles. The first-order valence-electron chi connectivity index (χ1n) is 9.35. The van der Waals surface area contributed by atoms with Crippen molar-refractivity contribution < 1.29 is 23.9 Å². The average Bonchev–Trinajstić information content (AvgIpc) is 2.71. The maximum Gasteiger partial charge on any atom is 0.321 e. The van der Waals surface area contributed by atoms with E-state index in [9.17, 15) is 19.2 Å². The van der Waals surface area contributed by atoms with Gasteiger partial charge in [0.05, 0.1) is 5.92 Å². The number of rotatable bonds is 6. The summed E-state index contributed by atoms with van der Waals surface area (Å²) >= 11 is 0. The summed E-state index contributed by atoms with van der Waals surface area (Å²) in [5, 5.41) is 7.39. The second-order valence-corrected chi connectivity index (χ2v) is 6.47. The van der Waals surface area contributed by atoms with Crippen molar-refractivity contribution in [3.05, 3.63) is 30.3 Å². The van der Waals surface area contributed by atoms with Crippen molar-refractivity contribution in [3.8, 4) is 0 Å². The molecule has 0 atom stereocenters. The second-order valence-electron chi connectivity index (χ2n) is 6.47. The largest absolute Gasteiger partial charge is 0.455 e. The molecule has 0 aliphatic carbocycles. The average molecular weight is 390 g/mol. The zero-order chi connectivity index (χ0) is 20.4. The zero-order valence-electron chi connectivity index (χ0n) is 15.9. The van der Waals surface area contributed by atoms with Crippen molar-refractivity contribution in [2.24, 2.45) is 5.92 Å². The fourth-order valence-electron chi connectivity index (χ4n) is 2.74. The van der Waals surface area contributed by atoms with Crippen LogP contribution in [0.25, 0.3) is 0 Å². The zero-order valence-corrected chi connectivity index (χ0v) is 15.9. The number of carbonyl (C=O) groups excluding carboxylic acids is 4. The SMILES string of the molecule is CCCNC(=O)NC(=O)COC(=O)C1CCN(C(=O)Nc2ccccc2)CC1. The number of imide groups is 1. The minimum atomic E-state index is -0.679. The second kappa shape index (κ2) is 10.9. The Balaban J connectivity index is 1.68. The van der Waals surface area contributed by atoms with E-state index in [4.69, 9.17) is 4.74 Å². The van der Waals surface area contributed by atoms with Crippen molar-refractivity contribution in [2.45, 2.75) is 26.2 Å². The summed E-state index contributed by atoms with van der Waals surface area (Å²) in [4.78, 5) is 49.0. The van der Waals surface area contributed by atoms with Crippen LogP contribution in [0.3, 0.4) is 0 Å². The molecule has 28 heavy (non-hydrogen) atoms. The number of piperidine rings is 1. The third-order valence-corrected chi connectivity index (χ3v) is 4.27. The van der Waals surface area contributed by atoms with Gasteiger partial charge in [-0.15, -0.1) is 0 Å². The van der Waals surface area contributed by atoms with E-state index in [-0.39, 0.29) is 11.9 Å². The molecule has 0 unspecified atom stereocenters. The predicted molar refractivity (Wildman–Crippen MR) is 103 cm³/mol. The third kappa shape index (κ3) is 6.90. The number of carbonyl (C=O) groups is 4. The van der Waals surface area contributed by atoms with Crippen LogP contribution >= 0.6 is 0 Å². The summed E-state index contributed by atoms with van der Waals surface area (Å²) in [6.45, 7) is 2.68. The molecule has 0 spiro atoms. The van der Waals surface area contributed by atoms with Crippen LogP contribution in [0.2, 0.25) is 0 Å². The van der Waals surface area contributed by atoms with Crippen LogP contribution in [-0.2, 0) is 14.3 Å². The number of urea groups is 2. The molecule has 1 fully saturated rings. The highest BCUT2D eigenvalue weighted by Gasteiger charge is 2.28. The molecule has 1 aliphatic heterocycles. The van der Waals surface area contributed by atoms with E-state index < -0.39 is 24.5 Å². The number of hydrogen-bond acceptors (Lipinski definition) is 5. The first-order valence-corrected chi connectivity index (χ1v) is 9.35. The number of likely N-dealkylation sites (tertiary alicyclic amines) is 1. The normalized spacial score (nSPS) is 14.1. The number of para-hydroxylation sites is 1. The summed E-state index contributed by atoms with van der Waals surface area (Å²) in [7, 11) is 0. The predicted octanol–water partition coefficient (Wildman–Crippen LogP) is 1.71. The fourth-order valence-corrected chi connectivity index (χ4v) is 2.74. The Kier molecular flexibility index (Phi) is 8.26. The van der Waals surface area contributed by atoms with Crippen LogP contribution in [0.4, 0.5) is 15.3 Å². The van der Waals surface area contributed by atoms with E-state index in [0.717, 1.165) is 6.42 Å². The Labute approximate surface area is 163 Å². The first kappa shape index (κ1) is 21.2. The lowest BCUT2D eigenvalue weighted by Crippen LogP contribution is -2.44. The lowest BCUT2D eigenvalue weighted by Gasteiger charge is -2.30. The highest BCUT2D eigenvalue weighted by molar-refractivity contribution is 5.95. The maximum atomic E-state index is 12.2. The lowest BCUT2D eigenvalue weighted by molar-refractivity contribution is -0.153. The van der Waals surface area contributed by atoms with E-state index in [0.29, 0.717) is 38.2 Å². The topological polar surface area (TPSA) is 117 Å². The van der Waals surface area contributed by atoms with Crippen molar-refractivity contribution in [2.75, 3.05) is 31.6 Å². The first-order chi connectivity index (χ1) is 13.5. The van der Waals surface area contributed by atoms with E-state index >= 15 is 0 Å². The molecule has 0 saturated carbocycles. The molecular weight excluding hydrogens is 364 g/mol. The molecule has 1 saturated heterocycles. The van der Waals surface area contributed by atoms with E-state index in [1.54, 1.807) is 17.0 Å². The summed E-state index contributed by atoms with van der Waals surface area (Å²) < 4.78 is 4.99. The molecule has 1 aromatic carbocycles. The standard InChI is InChI=1S/C19H26N4O5/c1-2-10-20-18(26)22-16(24)13-28-17(25)14-8-11-23(12-9-14)19(27)21-15-6-4-3-5-7-15/h3-7,14H,2,8-13H2,1H3,(H,21,27)(H2,20,22,24,26). The number of benzene rings is 1. The van der Waals surface area contributed by atoms with Crippen molar-refractivity contribution in [1.82, 2.24) is 15.5 Å². The van der Waals surface area contributed by atoms with Gasteiger partial charge in [0.1, 0.15) is 0 Å². The molecule has 1 aliphatic rings.